The van der Waals surface area contributed by atoms with E-state index in [-0.39, 0.29) is 11.1 Å². The molecule has 0 bridgehead atoms. The number of carbonyl (C=O) groups excluding carboxylic acids is 1. The summed E-state index contributed by atoms with van der Waals surface area (Å²) in [7, 11) is 0. The molecule has 2 nitrogen and oxygen atoms in total. The van der Waals surface area contributed by atoms with E-state index < -0.39 is 23.3 Å². The molecule has 0 amide bonds. The SMILES string of the molecule is C=Cc1cc(C(=O)OC(C)(C)C)cc(C(F)(F)F)c1. The summed E-state index contributed by atoms with van der Waals surface area (Å²) in [6.07, 6.45) is -3.26. The van der Waals surface area contributed by atoms with Crippen LogP contribution in [0.2, 0.25) is 0 Å². The van der Waals surface area contributed by atoms with Crippen molar-refractivity contribution in [1.82, 2.24) is 0 Å². The Morgan fingerprint density at radius 2 is 1.79 bits per heavy atom. The normalized spacial score (nSPS) is 12.1. The molecule has 0 saturated carbocycles. The molecule has 0 aliphatic heterocycles. The van der Waals surface area contributed by atoms with E-state index in [0.29, 0.717) is 0 Å². The molecule has 0 radical (unpaired) electrons. The van der Waals surface area contributed by atoms with Crippen molar-refractivity contribution < 1.29 is 22.7 Å². The number of rotatable bonds is 2. The highest BCUT2D eigenvalue weighted by atomic mass is 19.4. The molecule has 0 N–H and O–H groups in total. The molecule has 1 aromatic rings. The second-order valence-electron chi connectivity index (χ2n) is 5.05. The van der Waals surface area contributed by atoms with E-state index in [4.69, 9.17) is 4.74 Å². The van der Waals surface area contributed by atoms with Gasteiger partial charge >= 0.3 is 12.1 Å². The molecular weight excluding hydrogens is 257 g/mol. The third-order valence-electron chi connectivity index (χ3n) is 2.15. The standard InChI is InChI=1S/C14H15F3O2/c1-5-9-6-10(12(18)19-13(2,3)4)8-11(7-9)14(15,16)17/h5-8H,1H2,2-4H3. The first-order valence-electron chi connectivity index (χ1n) is 5.61. The fourth-order valence-corrected chi connectivity index (χ4v) is 1.39. The van der Waals surface area contributed by atoms with Crippen LogP contribution in [-0.4, -0.2) is 11.6 Å². The maximum Gasteiger partial charge on any atom is 0.416 e. The van der Waals surface area contributed by atoms with Gasteiger partial charge in [-0.1, -0.05) is 12.7 Å². The Morgan fingerprint density at radius 1 is 1.21 bits per heavy atom. The zero-order valence-electron chi connectivity index (χ0n) is 11.0. The molecule has 0 fully saturated rings. The van der Waals surface area contributed by atoms with Crippen molar-refractivity contribution >= 4 is 12.0 Å². The van der Waals surface area contributed by atoms with Crippen LogP contribution in [0.15, 0.2) is 24.8 Å². The van der Waals surface area contributed by atoms with Crippen molar-refractivity contribution in [2.45, 2.75) is 32.5 Å². The summed E-state index contributed by atoms with van der Waals surface area (Å²) in [5.41, 5.74) is -1.58. The van der Waals surface area contributed by atoms with E-state index in [1.807, 2.05) is 0 Å². The molecule has 0 aromatic heterocycles. The molecule has 0 aliphatic carbocycles. The summed E-state index contributed by atoms with van der Waals surface area (Å²) in [5.74, 6) is -0.790. The minimum Gasteiger partial charge on any atom is -0.456 e. The van der Waals surface area contributed by atoms with Gasteiger partial charge in [0.05, 0.1) is 11.1 Å². The number of alkyl halides is 3. The Kier molecular flexibility index (Phi) is 4.08. The molecule has 19 heavy (non-hydrogen) atoms. The summed E-state index contributed by atoms with van der Waals surface area (Å²) in [6.45, 7) is 8.35. The predicted molar refractivity (Wildman–Crippen MR) is 66.7 cm³/mol. The number of benzene rings is 1. The van der Waals surface area contributed by atoms with Gasteiger partial charge in [-0.15, -0.1) is 0 Å². The monoisotopic (exact) mass is 272 g/mol. The number of ether oxygens (including phenoxy) is 1. The van der Waals surface area contributed by atoms with Crippen molar-refractivity contribution in [2.24, 2.45) is 0 Å². The lowest BCUT2D eigenvalue weighted by molar-refractivity contribution is -0.137. The summed E-state index contributed by atoms with van der Waals surface area (Å²) >= 11 is 0. The fraction of sp³-hybridized carbons (Fsp3) is 0.357. The molecule has 0 aliphatic rings. The third kappa shape index (κ3) is 4.43. The average Bonchev–Trinajstić information content (AvgIpc) is 2.25. The van der Waals surface area contributed by atoms with E-state index in [1.54, 1.807) is 20.8 Å². The maximum atomic E-state index is 12.7. The van der Waals surface area contributed by atoms with E-state index >= 15 is 0 Å². The largest absolute Gasteiger partial charge is 0.456 e. The van der Waals surface area contributed by atoms with Crippen LogP contribution in [0.25, 0.3) is 6.08 Å². The van der Waals surface area contributed by atoms with Gasteiger partial charge in [0.1, 0.15) is 5.60 Å². The van der Waals surface area contributed by atoms with Crippen LogP contribution >= 0.6 is 0 Å². The minimum atomic E-state index is -4.52. The highest BCUT2D eigenvalue weighted by Crippen LogP contribution is 2.31. The first-order chi connectivity index (χ1) is 8.53. The lowest BCUT2D eigenvalue weighted by Gasteiger charge is -2.20. The topological polar surface area (TPSA) is 26.3 Å². The summed E-state index contributed by atoms with van der Waals surface area (Å²) in [4.78, 5) is 11.8. The molecule has 0 heterocycles. The summed E-state index contributed by atoms with van der Waals surface area (Å²) in [5, 5.41) is 0. The number of esters is 1. The smallest absolute Gasteiger partial charge is 0.416 e. The number of halogens is 3. The molecule has 1 aromatic carbocycles. The van der Waals surface area contributed by atoms with Crippen LogP contribution in [0.4, 0.5) is 13.2 Å². The second kappa shape index (κ2) is 5.07. The number of carbonyl (C=O) groups is 1. The van der Waals surface area contributed by atoms with Crippen LogP contribution in [-0.2, 0) is 10.9 Å². The number of hydrogen-bond acceptors (Lipinski definition) is 2. The van der Waals surface area contributed by atoms with Crippen molar-refractivity contribution in [3.63, 3.8) is 0 Å². The van der Waals surface area contributed by atoms with Gasteiger partial charge in [-0.25, -0.2) is 4.79 Å². The quantitative estimate of drug-likeness (QED) is 0.750. The van der Waals surface area contributed by atoms with Gasteiger partial charge in [0.15, 0.2) is 0 Å². The van der Waals surface area contributed by atoms with Crippen molar-refractivity contribution in [3.05, 3.63) is 41.5 Å². The lowest BCUT2D eigenvalue weighted by Crippen LogP contribution is -2.24. The predicted octanol–water partition coefficient (Wildman–Crippen LogP) is 4.30. The molecule has 1 rings (SSSR count). The zero-order chi connectivity index (χ0) is 14.8. The second-order valence-corrected chi connectivity index (χ2v) is 5.05. The van der Waals surface area contributed by atoms with Crippen LogP contribution in [0, 0.1) is 0 Å². The highest BCUT2D eigenvalue weighted by molar-refractivity contribution is 5.90. The highest BCUT2D eigenvalue weighted by Gasteiger charge is 2.32. The Bertz CT molecular complexity index is 496. The minimum absolute atomic E-state index is 0.139. The summed E-state index contributed by atoms with van der Waals surface area (Å²) in [6, 6.07) is 3.03. The molecule has 0 unspecified atom stereocenters. The van der Waals surface area contributed by atoms with E-state index in [0.717, 1.165) is 12.1 Å². The van der Waals surface area contributed by atoms with Crippen LogP contribution < -0.4 is 0 Å². The third-order valence-corrected chi connectivity index (χ3v) is 2.15. The molecule has 5 heteroatoms. The first-order valence-corrected chi connectivity index (χ1v) is 5.61. The van der Waals surface area contributed by atoms with Crippen LogP contribution in [0.3, 0.4) is 0 Å². The molecule has 104 valence electrons. The Morgan fingerprint density at radius 3 is 2.21 bits per heavy atom. The van der Waals surface area contributed by atoms with Crippen molar-refractivity contribution in [1.29, 1.82) is 0 Å². The Hall–Kier alpha value is -1.78. The van der Waals surface area contributed by atoms with Gasteiger partial charge in [0.2, 0.25) is 0 Å². The van der Waals surface area contributed by atoms with Crippen molar-refractivity contribution in [2.75, 3.05) is 0 Å². The van der Waals surface area contributed by atoms with Crippen LogP contribution in [0.1, 0.15) is 42.3 Å². The molecular formula is C14H15F3O2. The summed E-state index contributed by atoms with van der Waals surface area (Å²) < 4.78 is 43.1. The van der Waals surface area contributed by atoms with E-state index in [9.17, 15) is 18.0 Å². The first kappa shape index (κ1) is 15.3. The average molecular weight is 272 g/mol. The van der Waals surface area contributed by atoms with Gasteiger partial charge in [-0.3, -0.25) is 0 Å². The molecule has 0 atom stereocenters. The zero-order valence-corrected chi connectivity index (χ0v) is 11.0. The Labute approximate surface area is 109 Å². The fourth-order valence-electron chi connectivity index (χ4n) is 1.39. The maximum absolute atomic E-state index is 12.7. The Balaban J connectivity index is 3.21. The van der Waals surface area contributed by atoms with Gasteiger partial charge in [0.25, 0.3) is 0 Å². The van der Waals surface area contributed by atoms with Crippen molar-refractivity contribution in [3.8, 4) is 0 Å². The van der Waals surface area contributed by atoms with E-state index in [1.165, 1.54) is 12.1 Å². The van der Waals surface area contributed by atoms with Gasteiger partial charge < -0.3 is 4.74 Å². The lowest BCUT2D eigenvalue weighted by atomic mass is 10.0. The van der Waals surface area contributed by atoms with Gasteiger partial charge in [0, 0.05) is 0 Å². The molecule has 0 saturated heterocycles. The van der Waals surface area contributed by atoms with Gasteiger partial charge in [-0.05, 0) is 44.5 Å². The van der Waals surface area contributed by atoms with E-state index in [2.05, 4.69) is 6.58 Å². The van der Waals surface area contributed by atoms with Gasteiger partial charge in [-0.2, -0.15) is 13.2 Å². The molecule has 0 spiro atoms. The van der Waals surface area contributed by atoms with Crippen LogP contribution in [0.5, 0.6) is 0 Å². The number of hydrogen-bond donors (Lipinski definition) is 0.